The summed E-state index contributed by atoms with van der Waals surface area (Å²) in [5.74, 6) is 2.73. The van der Waals surface area contributed by atoms with Gasteiger partial charge in [-0.25, -0.2) is 4.98 Å². The van der Waals surface area contributed by atoms with Crippen molar-refractivity contribution in [2.24, 2.45) is 7.05 Å². The van der Waals surface area contributed by atoms with Gasteiger partial charge in [-0.05, 0) is 54.7 Å². The third kappa shape index (κ3) is 6.42. The molecule has 0 fully saturated rings. The van der Waals surface area contributed by atoms with Gasteiger partial charge in [0.25, 0.3) is 0 Å². The molecule has 0 atom stereocenters. The molecule has 0 radical (unpaired) electrons. The first kappa shape index (κ1) is 26.1. The van der Waals surface area contributed by atoms with Crippen molar-refractivity contribution in [1.29, 1.82) is 0 Å². The van der Waals surface area contributed by atoms with Crippen molar-refractivity contribution in [2.45, 2.75) is 46.3 Å². The molecule has 0 saturated heterocycles. The Labute approximate surface area is 217 Å². The van der Waals surface area contributed by atoms with E-state index >= 15 is 0 Å². The van der Waals surface area contributed by atoms with E-state index in [0.717, 1.165) is 40.2 Å². The molecule has 0 aliphatic rings. The Morgan fingerprint density at radius 2 is 1.68 bits per heavy atom. The molecule has 1 heterocycles. The van der Waals surface area contributed by atoms with Crippen LogP contribution >= 0.6 is 0 Å². The maximum atomic E-state index is 12.0. The molecule has 3 aromatic carbocycles. The van der Waals surface area contributed by atoms with Crippen LogP contribution in [0.2, 0.25) is 0 Å². The summed E-state index contributed by atoms with van der Waals surface area (Å²) >= 11 is 0. The number of rotatable bonds is 12. The summed E-state index contributed by atoms with van der Waals surface area (Å²) < 4.78 is 24.9. The van der Waals surface area contributed by atoms with Crippen molar-refractivity contribution in [3.63, 3.8) is 0 Å². The first-order chi connectivity index (χ1) is 18.0. The Bertz CT molecular complexity index is 1360. The standard InChI is InChI=1S/C30H34N2O5/c1-5-21-9-7-8-10-23(21)19-37-28-18-25(13-11-22(28)12-16-30(33)35-6-2)36-20-29-31-26-15-14-24(34-4)17-27(26)32(29)3/h7-11,13-15,17-18H,5-6,12,16,19-20H2,1-4H3. The first-order valence-electron chi connectivity index (χ1n) is 12.6. The van der Waals surface area contributed by atoms with Crippen molar-refractivity contribution in [3.8, 4) is 17.2 Å². The lowest BCUT2D eigenvalue weighted by Crippen LogP contribution is -2.07. The molecule has 0 aliphatic heterocycles. The summed E-state index contributed by atoms with van der Waals surface area (Å²) in [6.07, 6.45) is 1.75. The molecule has 37 heavy (non-hydrogen) atoms. The number of methoxy groups -OCH3 is 1. The number of aryl methyl sites for hydroxylation is 3. The zero-order chi connectivity index (χ0) is 26.2. The lowest BCUT2D eigenvalue weighted by atomic mass is 10.1. The zero-order valence-electron chi connectivity index (χ0n) is 22.0. The maximum absolute atomic E-state index is 12.0. The second kappa shape index (κ2) is 12.3. The molecule has 0 unspecified atom stereocenters. The third-order valence-corrected chi connectivity index (χ3v) is 6.37. The Morgan fingerprint density at radius 1 is 0.892 bits per heavy atom. The number of fused-ring (bicyclic) bond motifs is 1. The minimum absolute atomic E-state index is 0.219. The molecule has 7 nitrogen and oxygen atoms in total. The summed E-state index contributed by atoms with van der Waals surface area (Å²) in [6, 6.07) is 19.8. The molecule has 0 bridgehead atoms. The van der Waals surface area contributed by atoms with Crippen LogP contribution in [0.3, 0.4) is 0 Å². The van der Waals surface area contributed by atoms with Gasteiger partial charge in [0.2, 0.25) is 0 Å². The molecule has 0 aliphatic carbocycles. The highest BCUT2D eigenvalue weighted by atomic mass is 16.5. The van der Waals surface area contributed by atoms with Crippen molar-refractivity contribution < 1.29 is 23.7 Å². The highest BCUT2D eigenvalue weighted by molar-refractivity contribution is 5.77. The van der Waals surface area contributed by atoms with Crippen LogP contribution in [0.25, 0.3) is 11.0 Å². The van der Waals surface area contributed by atoms with Crippen LogP contribution in [0, 0.1) is 0 Å². The van der Waals surface area contributed by atoms with Gasteiger partial charge in [0.1, 0.15) is 36.3 Å². The molecular formula is C30H34N2O5. The Hall–Kier alpha value is -4.00. The molecule has 0 N–H and O–H groups in total. The number of carbonyl (C=O) groups excluding carboxylic acids is 1. The first-order valence-corrected chi connectivity index (χ1v) is 12.6. The number of hydrogen-bond donors (Lipinski definition) is 0. The normalized spacial score (nSPS) is 10.9. The molecular weight excluding hydrogens is 468 g/mol. The lowest BCUT2D eigenvalue weighted by Gasteiger charge is -2.15. The molecule has 194 valence electrons. The number of nitrogens with zero attached hydrogens (tertiary/aromatic N) is 2. The summed E-state index contributed by atoms with van der Waals surface area (Å²) in [4.78, 5) is 16.7. The Balaban J connectivity index is 1.52. The van der Waals surface area contributed by atoms with Crippen molar-refractivity contribution in [2.75, 3.05) is 13.7 Å². The molecule has 4 aromatic rings. The van der Waals surface area contributed by atoms with Crippen molar-refractivity contribution in [3.05, 3.63) is 83.2 Å². The average Bonchev–Trinajstić information content (AvgIpc) is 3.24. The number of carbonyl (C=O) groups is 1. The van der Waals surface area contributed by atoms with E-state index in [4.69, 9.17) is 23.9 Å². The molecule has 7 heteroatoms. The summed E-state index contributed by atoms with van der Waals surface area (Å²) in [6.45, 7) is 5.05. The van der Waals surface area contributed by atoms with Crippen molar-refractivity contribution in [1.82, 2.24) is 9.55 Å². The molecule has 0 amide bonds. The molecule has 4 rings (SSSR count). The van der Waals surface area contributed by atoms with Gasteiger partial charge in [-0.15, -0.1) is 0 Å². The van der Waals surface area contributed by atoms with Crippen LogP contribution < -0.4 is 14.2 Å². The van der Waals surface area contributed by atoms with Crippen LogP contribution in [-0.4, -0.2) is 29.2 Å². The predicted molar refractivity (Wildman–Crippen MR) is 143 cm³/mol. The second-order valence-corrected chi connectivity index (χ2v) is 8.72. The fraction of sp³-hybridized carbons (Fsp3) is 0.333. The van der Waals surface area contributed by atoms with Gasteiger partial charge >= 0.3 is 5.97 Å². The van der Waals surface area contributed by atoms with Gasteiger partial charge in [0.15, 0.2) is 0 Å². The number of esters is 1. The molecule has 0 spiro atoms. The third-order valence-electron chi connectivity index (χ3n) is 6.37. The van der Waals surface area contributed by atoms with E-state index in [-0.39, 0.29) is 5.97 Å². The minimum atomic E-state index is -0.219. The highest BCUT2D eigenvalue weighted by Crippen LogP contribution is 2.29. The average molecular weight is 503 g/mol. The Morgan fingerprint density at radius 3 is 2.43 bits per heavy atom. The summed E-state index contributed by atoms with van der Waals surface area (Å²) in [5.41, 5.74) is 5.19. The summed E-state index contributed by atoms with van der Waals surface area (Å²) in [5, 5.41) is 0. The van der Waals surface area contributed by atoms with Crippen LogP contribution in [0.15, 0.2) is 60.7 Å². The van der Waals surface area contributed by atoms with Crippen LogP contribution in [0.5, 0.6) is 17.2 Å². The van der Waals surface area contributed by atoms with Crippen molar-refractivity contribution >= 4 is 17.0 Å². The van der Waals surface area contributed by atoms with Gasteiger partial charge in [0, 0.05) is 25.6 Å². The van der Waals surface area contributed by atoms with Gasteiger partial charge in [-0.1, -0.05) is 37.3 Å². The highest BCUT2D eigenvalue weighted by Gasteiger charge is 2.13. The Kier molecular flexibility index (Phi) is 8.67. The van der Waals surface area contributed by atoms with E-state index < -0.39 is 0 Å². The number of hydrogen-bond acceptors (Lipinski definition) is 6. The van der Waals surface area contributed by atoms with Gasteiger partial charge in [0.05, 0.1) is 24.8 Å². The SMILES string of the molecule is CCOC(=O)CCc1ccc(OCc2nc3ccc(OC)cc3n2C)cc1OCc1ccccc1CC. The van der Waals surface area contributed by atoms with Gasteiger partial charge in [-0.2, -0.15) is 0 Å². The van der Waals surface area contributed by atoms with Crippen LogP contribution in [-0.2, 0) is 42.6 Å². The molecule has 0 saturated carbocycles. The minimum Gasteiger partial charge on any atom is -0.497 e. The van der Waals surface area contributed by atoms with Gasteiger partial charge in [-0.3, -0.25) is 4.79 Å². The number of benzene rings is 3. The quantitative estimate of drug-likeness (QED) is 0.228. The number of aromatic nitrogens is 2. The fourth-order valence-corrected chi connectivity index (χ4v) is 4.26. The predicted octanol–water partition coefficient (Wildman–Crippen LogP) is 5.80. The van der Waals surface area contributed by atoms with Crippen LogP contribution in [0.4, 0.5) is 0 Å². The number of imidazole rings is 1. The zero-order valence-corrected chi connectivity index (χ0v) is 22.0. The second-order valence-electron chi connectivity index (χ2n) is 8.72. The topological polar surface area (TPSA) is 71.8 Å². The fourth-order valence-electron chi connectivity index (χ4n) is 4.26. The monoisotopic (exact) mass is 502 g/mol. The van der Waals surface area contributed by atoms with Gasteiger partial charge < -0.3 is 23.5 Å². The number of ether oxygens (including phenoxy) is 4. The summed E-state index contributed by atoms with van der Waals surface area (Å²) in [7, 11) is 3.62. The van der Waals surface area contributed by atoms with E-state index in [1.807, 2.05) is 67.1 Å². The lowest BCUT2D eigenvalue weighted by molar-refractivity contribution is -0.143. The smallest absolute Gasteiger partial charge is 0.306 e. The van der Waals surface area contributed by atoms with E-state index in [1.165, 1.54) is 5.56 Å². The van der Waals surface area contributed by atoms with E-state index in [2.05, 4.69) is 19.1 Å². The van der Waals surface area contributed by atoms with Crippen LogP contribution in [0.1, 0.15) is 42.8 Å². The maximum Gasteiger partial charge on any atom is 0.306 e. The van der Waals surface area contributed by atoms with E-state index in [9.17, 15) is 4.79 Å². The van der Waals surface area contributed by atoms with E-state index in [0.29, 0.717) is 44.2 Å². The molecule has 1 aromatic heterocycles. The van der Waals surface area contributed by atoms with E-state index in [1.54, 1.807) is 7.11 Å². The largest absolute Gasteiger partial charge is 0.497 e.